The molecule has 1 aliphatic heterocycles. The maximum atomic E-state index is 11.2. The number of carboxylic acid groups (broad SMARTS) is 1. The number of benzene rings is 1. The molecule has 1 aliphatic rings. The molecule has 23 heavy (non-hydrogen) atoms. The number of nitrogens with zero attached hydrogens (tertiary/aromatic N) is 3. The van der Waals surface area contributed by atoms with Gasteiger partial charge in [0.1, 0.15) is 0 Å². The fourth-order valence-corrected chi connectivity index (χ4v) is 2.85. The average molecular weight is 340 g/mol. The lowest BCUT2D eigenvalue weighted by Gasteiger charge is -2.37. The first-order chi connectivity index (χ1) is 10.5. The van der Waals surface area contributed by atoms with Crippen molar-refractivity contribution in [3.05, 3.63) is 24.3 Å². The Hall–Kier alpha value is -1.79. The van der Waals surface area contributed by atoms with Crippen molar-refractivity contribution in [3.8, 4) is 0 Å². The number of hydrogen-bond acceptors (Lipinski definition) is 5. The number of halogens is 1. The molecule has 1 aromatic carbocycles. The molecule has 2 aromatic rings. The van der Waals surface area contributed by atoms with Crippen LogP contribution in [-0.4, -0.2) is 53.9 Å². The van der Waals surface area contributed by atoms with Gasteiger partial charge in [-0.05, 0) is 26.0 Å². The van der Waals surface area contributed by atoms with Gasteiger partial charge in [-0.15, -0.1) is 12.4 Å². The molecule has 2 heterocycles. The normalized spacial score (nSPS) is 16.3. The van der Waals surface area contributed by atoms with E-state index in [2.05, 4.69) is 15.0 Å². The van der Waals surface area contributed by atoms with Crippen molar-refractivity contribution in [1.82, 2.24) is 10.1 Å². The molecule has 3 rings (SSSR count). The van der Waals surface area contributed by atoms with E-state index in [0.717, 1.165) is 43.0 Å². The molecule has 1 fully saturated rings. The topological polar surface area (TPSA) is 69.8 Å². The number of anilines is 1. The van der Waals surface area contributed by atoms with E-state index in [-0.39, 0.29) is 12.4 Å². The van der Waals surface area contributed by atoms with E-state index >= 15 is 0 Å². The summed E-state index contributed by atoms with van der Waals surface area (Å²) < 4.78 is 5.36. The molecule has 0 bridgehead atoms. The quantitative estimate of drug-likeness (QED) is 0.922. The summed E-state index contributed by atoms with van der Waals surface area (Å²) in [5, 5.41) is 14.4. The third-order valence-corrected chi connectivity index (χ3v) is 4.23. The molecule has 0 radical (unpaired) electrons. The lowest BCUT2D eigenvalue weighted by molar-refractivity contribution is -0.148. The number of aromatic nitrogens is 1. The van der Waals surface area contributed by atoms with Crippen molar-refractivity contribution in [3.63, 3.8) is 0 Å². The van der Waals surface area contributed by atoms with Gasteiger partial charge >= 0.3 is 5.97 Å². The van der Waals surface area contributed by atoms with E-state index in [1.54, 1.807) is 13.8 Å². The van der Waals surface area contributed by atoms with Crippen molar-refractivity contribution >= 4 is 35.2 Å². The second kappa shape index (κ2) is 6.76. The molecular formula is C16H22ClN3O3. The Balaban J connectivity index is 0.00000192. The summed E-state index contributed by atoms with van der Waals surface area (Å²) in [5.41, 5.74) is 0.0786. The van der Waals surface area contributed by atoms with Crippen LogP contribution in [0.5, 0.6) is 0 Å². The zero-order chi connectivity index (χ0) is 15.7. The van der Waals surface area contributed by atoms with E-state index < -0.39 is 11.4 Å². The highest BCUT2D eigenvalue weighted by molar-refractivity contribution is 5.88. The molecule has 1 saturated heterocycles. The summed E-state index contributed by atoms with van der Waals surface area (Å²) in [7, 11) is 0. The van der Waals surface area contributed by atoms with Crippen LogP contribution in [0.2, 0.25) is 0 Å². The Morgan fingerprint density at radius 1 is 1.26 bits per heavy atom. The van der Waals surface area contributed by atoms with Gasteiger partial charge in [0.05, 0.1) is 10.8 Å². The molecule has 1 N–H and O–H groups in total. The summed E-state index contributed by atoms with van der Waals surface area (Å²) >= 11 is 0. The van der Waals surface area contributed by atoms with Crippen LogP contribution in [0.3, 0.4) is 0 Å². The number of fused-ring (bicyclic) bond motifs is 1. The van der Waals surface area contributed by atoms with E-state index in [4.69, 9.17) is 4.52 Å². The number of rotatable bonds is 4. The van der Waals surface area contributed by atoms with Gasteiger partial charge in [-0.2, -0.15) is 0 Å². The van der Waals surface area contributed by atoms with Crippen LogP contribution in [-0.2, 0) is 4.79 Å². The fraction of sp³-hybridized carbons (Fsp3) is 0.500. The molecule has 0 aliphatic carbocycles. The Morgan fingerprint density at radius 2 is 1.91 bits per heavy atom. The van der Waals surface area contributed by atoms with Crippen LogP contribution in [0.1, 0.15) is 13.8 Å². The highest BCUT2D eigenvalue weighted by atomic mass is 35.5. The van der Waals surface area contributed by atoms with Crippen LogP contribution in [0, 0.1) is 5.41 Å². The molecular weight excluding hydrogens is 318 g/mol. The molecule has 6 nitrogen and oxygen atoms in total. The van der Waals surface area contributed by atoms with Gasteiger partial charge in [-0.25, -0.2) is 0 Å². The number of hydrogen-bond donors (Lipinski definition) is 1. The number of aliphatic carboxylic acids is 1. The molecule has 0 saturated carbocycles. The Bertz CT molecular complexity index is 678. The third-order valence-electron chi connectivity index (χ3n) is 4.23. The first-order valence-electron chi connectivity index (χ1n) is 7.52. The molecule has 0 atom stereocenters. The number of carboxylic acids is 1. The third kappa shape index (κ3) is 3.59. The predicted octanol–water partition coefficient (Wildman–Crippen LogP) is 2.48. The summed E-state index contributed by atoms with van der Waals surface area (Å²) in [6, 6.07) is 7.84. The van der Waals surface area contributed by atoms with E-state index in [0.29, 0.717) is 6.54 Å². The fourth-order valence-electron chi connectivity index (χ4n) is 2.85. The first kappa shape index (κ1) is 17.6. The van der Waals surface area contributed by atoms with Gasteiger partial charge in [-0.1, -0.05) is 17.3 Å². The van der Waals surface area contributed by atoms with Gasteiger partial charge in [0.15, 0.2) is 11.4 Å². The lowest BCUT2D eigenvalue weighted by atomic mass is 9.93. The van der Waals surface area contributed by atoms with Crippen LogP contribution in [0.15, 0.2) is 28.8 Å². The standard InChI is InChI=1S/C16H21N3O3.ClH/c1-16(2,15(20)21)11-18-7-9-19(10-8-18)14-12-5-3-4-6-13(12)22-17-14;/h3-6H,7-11H2,1-2H3,(H,20,21);1H. The van der Waals surface area contributed by atoms with Crippen molar-refractivity contribution in [2.75, 3.05) is 37.6 Å². The van der Waals surface area contributed by atoms with Crippen LogP contribution in [0.4, 0.5) is 5.82 Å². The second-order valence-electron chi connectivity index (χ2n) is 6.45. The highest BCUT2D eigenvalue weighted by Crippen LogP contribution is 2.27. The highest BCUT2D eigenvalue weighted by Gasteiger charge is 2.31. The van der Waals surface area contributed by atoms with Gasteiger partial charge in [0.2, 0.25) is 0 Å². The van der Waals surface area contributed by atoms with E-state index in [1.165, 1.54) is 0 Å². The van der Waals surface area contributed by atoms with Gasteiger partial charge in [0.25, 0.3) is 0 Å². The smallest absolute Gasteiger partial charge is 0.310 e. The Kier molecular flexibility index (Phi) is 5.16. The minimum absolute atomic E-state index is 0. The van der Waals surface area contributed by atoms with E-state index in [9.17, 15) is 9.90 Å². The maximum absolute atomic E-state index is 11.2. The summed E-state index contributed by atoms with van der Waals surface area (Å²) in [6.07, 6.45) is 0. The van der Waals surface area contributed by atoms with E-state index in [1.807, 2.05) is 24.3 Å². The van der Waals surface area contributed by atoms with Crippen LogP contribution < -0.4 is 4.90 Å². The van der Waals surface area contributed by atoms with Crippen molar-refractivity contribution < 1.29 is 14.4 Å². The van der Waals surface area contributed by atoms with Crippen molar-refractivity contribution in [2.24, 2.45) is 5.41 Å². The van der Waals surface area contributed by atoms with Crippen molar-refractivity contribution in [2.45, 2.75) is 13.8 Å². The van der Waals surface area contributed by atoms with Crippen LogP contribution >= 0.6 is 12.4 Å². The molecule has 7 heteroatoms. The molecule has 0 amide bonds. The maximum Gasteiger partial charge on any atom is 0.310 e. The largest absolute Gasteiger partial charge is 0.481 e. The molecule has 1 aromatic heterocycles. The zero-order valence-corrected chi connectivity index (χ0v) is 14.2. The number of para-hydroxylation sites is 1. The minimum atomic E-state index is -0.752. The second-order valence-corrected chi connectivity index (χ2v) is 6.45. The lowest BCUT2D eigenvalue weighted by Crippen LogP contribution is -2.50. The first-order valence-corrected chi connectivity index (χ1v) is 7.52. The summed E-state index contributed by atoms with van der Waals surface area (Å²) in [6.45, 7) is 7.42. The van der Waals surface area contributed by atoms with Gasteiger partial charge in [-0.3, -0.25) is 9.69 Å². The number of piperazine rings is 1. The monoisotopic (exact) mass is 339 g/mol. The molecule has 0 spiro atoms. The SMILES string of the molecule is CC(C)(CN1CCN(c2noc3ccccc23)CC1)C(=O)O.Cl. The summed E-state index contributed by atoms with van der Waals surface area (Å²) in [4.78, 5) is 15.6. The minimum Gasteiger partial charge on any atom is -0.481 e. The number of carbonyl (C=O) groups is 1. The average Bonchev–Trinajstić information content (AvgIpc) is 2.91. The molecule has 126 valence electrons. The molecule has 0 unspecified atom stereocenters. The van der Waals surface area contributed by atoms with Crippen molar-refractivity contribution in [1.29, 1.82) is 0 Å². The van der Waals surface area contributed by atoms with Gasteiger partial charge < -0.3 is 14.5 Å². The summed E-state index contributed by atoms with van der Waals surface area (Å²) in [5.74, 6) is 0.130. The predicted molar refractivity (Wildman–Crippen MR) is 91.3 cm³/mol. The van der Waals surface area contributed by atoms with Crippen LogP contribution in [0.25, 0.3) is 11.0 Å². The zero-order valence-electron chi connectivity index (χ0n) is 13.4. The Labute approximate surface area is 141 Å². The van der Waals surface area contributed by atoms with Gasteiger partial charge in [0, 0.05) is 32.7 Å². The Morgan fingerprint density at radius 3 is 2.57 bits per heavy atom.